The van der Waals surface area contributed by atoms with Crippen LogP contribution in [-0.4, -0.2) is 24.3 Å². The maximum atomic E-state index is 10.1. The van der Waals surface area contributed by atoms with Crippen LogP contribution in [0.15, 0.2) is 24.3 Å². The molecule has 0 bridgehead atoms. The molecule has 5 heteroatoms. The van der Waals surface area contributed by atoms with E-state index in [2.05, 4.69) is 10.6 Å². The second-order valence-electron chi connectivity index (χ2n) is 2.85. The molecule has 0 saturated carbocycles. The lowest BCUT2D eigenvalue weighted by Gasteiger charge is -2.05. The predicted octanol–water partition coefficient (Wildman–Crippen LogP) is 1.24. The molecular weight excluding hydrogens is 194 g/mol. The normalized spacial score (nSPS) is 9.00. The first-order chi connectivity index (χ1) is 7.22. The second kappa shape index (κ2) is 5.50. The number of nitrogens with zero attached hydrogens (tertiary/aromatic N) is 1. The van der Waals surface area contributed by atoms with Crippen molar-refractivity contribution in [3.63, 3.8) is 0 Å². The van der Waals surface area contributed by atoms with Crippen molar-refractivity contribution in [2.45, 2.75) is 0 Å². The van der Waals surface area contributed by atoms with Gasteiger partial charge in [0.15, 0.2) is 0 Å². The van der Waals surface area contributed by atoms with Crippen LogP contribution in [0, 0.1) is 11.3 Å². The molecule has 0 fully saturated rings. The number of hydrogen-bond donors (Lipinski definition) is 3. The summed E-state index contributed by atoms with van der Waals surface area (Å²) < 4.78 is 0. The highest BCUT2D eigenvalue weighted by molar-refractivity contribution is 5.64. The molecule has 1 rings (SSSR count). The molecule has 78 valence electrons. The Balaban J connectivity index is 2.32. The van der Waals surface area contributed by atoms with Gasteiger partial charge in [-0.1, -0.05) is 0 Å². The van der Waals surface area contributed by atoms with E-state index in [1.165, 1.54) is 0 Å². The van der Waals surface area contributed by atoms with Gasteiger partial charge in [0.25, 0.3) is 0 Å². The van der Waals surface area contributed by atoms with Crippen LogP contribution in [0.1, 0.15) is 5.56 Å². The SMILES string of the molecule is N#Cc1ccc(NCCNC(=O)O)cc1. The molecule has 1 aromatic rings. The molecule has 15 heavy (non-hydrogen) atoms. The molecule has 0 spiro atoms. The maximum Gasteiger partial charge on any atom is 0.404 e. The maximum absolute atomic E-state index is 10.1. The van der Waals surface area contributed by atoms with Crippen LogP contribution >= 0.6 is 0 Å². The Kier molecular flexibility index (Phi) is 3.98. The van der Waals surface area contributed by atoms with E-state index in [-0.39, 0.29) is 0 Å². The highest BCUT2D eigenvalue weighted by Crippen LogP contribution is 2.07. The third kappa shape index (κ3) is 4.00. The van der Waals surface area contributed by atoms with E-state index in [9.17, 15) is 4.79 Å². The molecule has 0 atom stereocenters. The first-order valence-electron chi connectivity index (χ1n) is 4.43. The number of hydrogen-bond acceptors (Lipinski definition) is 3. The molecule has 3 N–H and O–H groups in total. The van der Waals surface area contributed by atoms with Gasteiger partial charge in [-0.3, -0.25) is 0 Å². The second-order valence-corrected chi connectivity index (χ2v) is 2.85. The average Bonchev–Trinajstić information content (AvgIpc) is 2.25. The van der Waals surface area contributed by atoms with Crippen molar-refractivity contribution in [1.82, 2.24) is 5.32 Å². The minimum absolute atomic E-state index is 0.343. The summed E-state index contributed by atoms with van der Waals surface area (Å²) in [5.41, 5.74) is 1.46. The van der Waals surface area contributed by atoms with Crippen molar-refractivity contribution in [1.29, 1.82) is 5.26 Å². The van der Waals surface area contributed by atoms with Crippen molar-refractivity contribution in [3.05, 3.63) is 29.8 Å². The minimum Gasteiger partial charge on any atom is -0.465 e. The van der Waals surface area contributed by atoms with Gasteiger partial charge < -0.3 is 15.7 Å². The summed E-state index contributed by atoms with van der Waals surface area (Å²) in [6.45, 7) is 0.855. The van der Waals surface area contributed by atoms with Gasteiger partial charge in [0.2, 0.25) is 0 Å². The molecule has 0 aromatic heterocycles. The number of carboxylic acid groups (broad SMARTS) is 1. The van der Waals surface area contributed by atoms with Gasteiger partial charge in [-0.25, -0.2) is 4.79 Å². The Bertz CT molecular complexity index is 367. The van der Waals surface area contributed by atoms with E-state index in [4.69, 9.17) is 10.4 Å². The number of rotatable bonds is 4. The molecule has 0 heterocycles. The number of carbonyl (C=O) groups is 1. The van der Waals surface area contributed by atoms with Gasteiger partial charge in [-0.15, -0.1) is 0 Å². The largest absolute Gasteiger partial charge is 0.465 e. The smallest absolute Gasteiger partial charge is 0.404 e. The summed E-state index contributed by atoms with van der Waals surface area (Å²) in [6, 6.07) is 8.98. The zero-order chi connectivity index (χ0) is 11.1. The monoisotopic (exact) mass is 205 g/mol. The number of nitrogens with one attached hydrogen (secondary N) is 2. The number of amides is 1. The van der Waals surface area contributed by atoms with Crippen LogP contribution < -0.4 is 10.6 Å². The molecule has 0 unspecified atom stereocenters. The summed E-state index contributed by atoms with van der Waals surface area (Å²) in [7, 11) is 0. The van der Waals surface area contributed by atoms with Gasteiger partial charge in [0.05, 0.1) is 11.6 Å². The van der Waals surface area contributed by atoms with Gasteiger partial charge in [0, 0.05) is 18.8 Å². The third-order valence-corrected chi connectivity index (χ3v) is 1.74. The first-order valence-corrected chi connectivity index (χ1v) is 4.43. The van der Waals surface area contributed by atoms with Crippen LogP contribution in [0.5, 0.6) is 0 Å². The van der Waals surface area contributed by atoms with E-state index in [0.29, 0.717) is 18.7 Å². The van der Waals surface area contributed by atoms with Gasteiger partial charge in [-0.05, 0) is 24.3 Å². The zero-order valence-electron chi connectivity index (χ0n) is 8.03. The van der Waals surface area contributed by atoms with E-state index in [1.54, 1.807) is 24.3 Å². The van der Waals surface area contributed by atoms with Crippen molar-refractivity contribution in [3.8, 4) is 6.07 Å². The zero-order valence-corrected chi connectivity index (χ0v) is 8.03. The summed E-state index contributed by atoms with van der Waals surface area (Å²) in [6.07, 6.45) is -1.03. The van der Waals surface area contributed by atoms with E-state index in [0.717, 1.165) is 5.69 Å². The molecule has 1 aromatic carbocycles. The lowest BCUT2D eigenvalue weighted by atomic mass is 10.2. The first kappa shape index (κ1) is 10.9. The Morgan fingerprint density at radius 3 is 2.53 bits per heavy atom. The summed E-state index contributed by atoms with van der Waals surface area (Å²) in [5, 5.41) is 22.1. The third-order valence-electron chi connectivity index (χ3n) is 1.74. The Hall–Kier alpha value is -2.22. The summed E-state index contributed by atoms with van der Waals surface area (Å²) in [4.78, 5) is 10.1. The average molecular weight is 205 g/mol. The van der Waals surface area contributed by atoms with Crippen LogP contribution in [0.2, 0.25) is 0 Å². The lowest BCUT2D eigenvalue weighted by Crippen LogP contribution is -2.26. The Morgan fingerprint density at radius 1 is 1.33 bits per heavy atom. The van der Waals surface area contributed by atoms with Gasteiger partial charge >= 0.3 is 6.09 Å². The van der Waals surface area contributed by atoms with E-state index < -0.39 is 6.09 Å². The van der Waals surface area contributed by atoms with E-state index in [1.807, 2.05) is 6.07 Å². The number of anilines is 1. The molecule has 1 amide bonds. The van der Waals surface area contributed by atoms with Gasteiger partial charge in [-0.2, -0.15) is 5.26 Å². The quantitative estimate of drug-likeness (QED) is 0.645. The highest BCUT2D eigenvalue weighted by atomic mass is 16.4. The fourth-order valence-electron chi connectivity index (χ4n) is 1.04. The molecule has 5 nitrogen and oxygen atoms in total. The molecule has 0 aliphatic carbocycles. The summed E-state index contributed by atoms with van der Waals surface area (Å²) >= 11 is 0. The standard InChI is InChI=1S/C10H11N3O2/c11-7-8-1-3-9(4-2-8)12-5-6-13-10(14)15/h1-4,12-13H,5-6H2,(H,14,15). The number of benzene rings is 1. The molecular formula is C10H11N3O2. The van der Waals surface area contributed by atoms with Gasteiger partial charge in [0.1, 0.15) is 0 Å². The van der Waals surface area contributed by atoms with Crippen molar-refractivity contribution in [2.24, 2.45) is 0 Å². The highest BCUT2D eigenvalue weighted by Gasteiger charge is 1.94. The van der Waals surface area contributed by atoms with Crippen molar-refractivity contribution in [2.75, 3.05) is 18.4 Å². The minimum atomic E-state index is -1.03. The predicted molar refractivity (Wildman–Crippen MR) is 55.7 cm³/mol. The summed E-state index contributed by atoms with van der Waals surface area (Å²) in [5.74, 6) is 0. The molecule has 0 aliphatic heterocycles. The fraction of sp³-hybridized carbons (Fsp3) is 0.200. The fourth-order valence-corrected chi connectivity index (χ4v) is 1.04. The van der Waals surface area contributed by atoms with Crippen LogP contribution in [0.25, 0.3) is 0 Å². The topological polar surface area (TPSA) is 85.2 Å². The van der Waals surface area contributed by atoms with Crippen molar-refractivity contribution >= 4 is 11.8 Å². The Labute approximate surface area is 87.3 Å². The van der Waals surface area contributed by atoms with Crippen molar-refractivity contribution < 1.29 is 9.90 Å². The lowest BCUT2D eigenvalue weighted by molar-refractivity contribution is 0.195. The van der Waals surface area contributed by atoms with Crippen LogP contribution in [0.3, 0.4) is 0 Å². The molecule has 0 aliphatic rings. The Morgan fingerprint density at radius 2 is 2.00 bits per heavy atom. The molecule has 0 saturated heterocycles. The molecule has 0 radical (unpaired) electrons. The van der Waals surface area contributed by atoms with Crippen LogP contribution in [0.4, 0.5) is 10.5 Å². The van der Waals surface area contributed by atoms with E-state index >= 15 is 0 Å². The number of nitriles is 1. The van der Waals surface area contributed by atoms with Crippen LogP contribution in [-0.2, 0) is 0 Å².